The highest BCUT2D eigenvalue weighted by molar-refractivity contribution is 6.43. The monoisotopic (exact) mass is 358 g/mol. The van der Waals surface area contributed by atoms with Gasteiger partial charge >= 0.3 is 5.97 Å². The maximum Gasteiger partial charge on any atom is 0.308 e. The third-order valence-corrected chi connectivity index (χ3v) is 4.58. The van der Waals surface area contributed by atoms with Crippen molar-refractivity contribution < 1.29 is 19.5 Å². The van der Waals surface area contributed by atoms with E-state index < -0.39 is 23.8 Å². The van der Waals surface area contributed by atoms with E-state index in [1.54, 1.807) is 19.1 Å². The molecule has 2 N–H and O–H groups in total. The lowest BCUT2D eigenvalue weighted by atomic mass is 10.1. The average molecular weight is 359 g/mol. The van der Waals surface area contributed by atoms with Crippen LogP contribution in [0.2, 0.25) is 10.0 Å². The average Bonchev–Trinajstić information content (AvgIpc) is 2.99. The van der Waals surface area contributed by atoms with Gasteiger partial charge < -0.3 is 15.3 Å². The standard InChI is InChI=1S/C15H16Cl2N2O4/c1-8(14(21)19-6-5-9(7-19)15(22)23)18-13(20)10-3-2-4-11(16)12(10)17/h2-4,8-9H,5-7H2,1H3,(H,18,20)(H,22,23). The minimum atomic E-state index is -0.914. The van der Waals surface area contributed by atoms with Gasteiger partial charge in [-0.2, -0.15) is 0 Å². The number of carbonyl (C=O) groups is 3. The zero-order valence-corrected chi connectivity index (χ0v) is 13.9. The molecule has 2 atom stereocenters. The van der Waals surface area contributed by atoms with E-state index in [1.807, 2.05) is 0 Å². The Hall–Kier alpha value is -1.79. The lowest BCUT2D eigenvalue weighted by molar-refractivity contribution is -0.141. The van der Waals surface area contributed by atoms with Gasteiger partial charge in [0, 0.05) is 13.1 Å². The van der Waals surface area contributed by atoms with Gasteiger partial charge in [0.2, 0.25) is 5.91 Å². The van der Waals surface area contributed by atoms with E-state index in [0.29, 0.717) is 13.0 Å². The van der Waals surface area contributed by atoms with Gasteiger partial charge in [-0.05, 0) is 25.5 Å². The van der Waals surface area contributed by atoms with Crippen LogP contribution in [0.1, 0.15) is 23.7 Å². The molecule has 0 spiro atoms. The van der Waals surface area contributed by atoms with Crippen molar-refractivity contribution in [1.82, 2.24) is 10.2 Å². The molecular weight excluding hydrogens is 343 g/mol. The van der Waals surface area contributed by atoms with Crippen LogP contribution in [0.25, 0.3) is 0 Å². The Bertz CT molecular complexity index is 650. The molecule has 0 saturated carbocycles. The first-order valence-electron chi connectivity index (χ1n) is 7.07. The Morgan fingerprint density at radius 1 is 1.35 bits per heavy atom. The van der Waals surface area contributed by atoms with Gasteiger partial charge in [-0.1, -0.05) is 29.3 Å². The normalized spacial score (nSPS) is 18.6. The number of amides is 2. The SMILES string of the molecule is CC(NC(=O)c1cccc(Cl)c1Cl)C(=O)N1CCC(C(=O)O)C1. The van der Waals surface area contributed by atoms with Crippen LogP contribution >= 0.6 is 23.2 Å². The van der Waals surface area contributed by atoms with Gasteiger partial charge in [-0.15, -0.1) is 0 Å². The number of hydrogen-bond acceptors (Lipinski definition) is 3. The number of hydrogen-bond donors (Lipinski definition) is 2. The largest absolute Gasteiger partial charge is 0.481 e. The molecule has 0 radical (unpaired) electrons. The Morgan fingerprint density at radius 3 is 2.65 bits per heavy atom. The van der Waals surface area contributed by atoms with Crippen LogP contribution in [-0.4, -0.2) is 46.9 Å². The van der Waals surface area contributed by atoms with Crippen molar-refractivity contribution >= 4 is 41.0 Å². The Labute approximate surface area is 143 Å². The highest BCUT2D eigenvalue weighted by Crippen LogP contribution is 2.25. The predicted octanol–water partition coefficient (Wildman–Crippen LogP) is 2.04. The van der Waals surface area contributed by atoms with Crippen LogP contribution in [0, 0.1) is 5.92 Å². The third-order valence-electron chi connectivity index (χ3n) is 3.76. The summed E-state index contributed by atoms with van der Waals surface area (Å²) in [5.74, 6) is -2.29. The minimum Gasteiger partial charge on any atom is -0.481 e. The fourth-order valence-electron chi connectivity index (χ4n) is 2.45. The van der Waals surface area contributed by atoms with E-state index in [-0.39, 0.29) is 28.1 Å². The summed E-state index contributed by atoms with van der Waals surface area (Å²) in [6, 6.07) is 3.88. The number of aliphatic carboxylic acids is 1. The van der Waals surface area contributed by atoms with E-state index in [0.717, 1.165) is 0 Å². The molecule has 1 aromatic carbocycles. The molecule has 0 aromatic heterocycles. The summed E-state index contributed by atoms with van der Waals surface area (Å²) >= 11 is 11.8. The van der Waals surface area contributed by atoms with Gasteiger partial charge in [-0.3, -0.25) is 14.4 Å². The molecule has 2 unspecified atom stereocenters. The first kappa shape index (κ1) is 17.6. The quantitative estimate of drug-likeness (QED) is 0.862. The fraction of sp³-hybridized carbons (Fsp3) is 0.400. The summed E-state index contributed by atoms with van der Waals surface area (Å²) in [6.45, 7) is 2.08. The molecule has 124 valence electrons. The second-order valence-corrected chi connectivity index (χ2v) is 6.19. The second-order valence-electron chi connectivity index (χ2n) is 5.40. The maximum absolute atomic E-state index is 12.3. The van der Waals surface area contributed by atoms with Gasteiger partial charge in [0.15, 0.2) is 0 Å². The summed E-state index contributed by atoms with van der Waals surface area (Å²) in [6.07, 6.45) is 0.419. The van der Waals surface area contributed by atoms with E-state index in [2.05, 4.69) is 5.32 Å². The van der Waals surface area contributed by atoms with Crippen LogP contribution in [0.5, 0.6) is 0 Å². The number of carboxylic acids is 1. The van der Waals surface area contributed by atoms with Crippen molar-refractivity contribution in [3.8, 4) is 0 Å². The third kappa shape index (κ3) is 3.95. The van der Waals surface area contributed by atoms with Crippen molar-refractivity contribution in [1.29, 1.82) is 0 Å². The zero-order chi connectivity index (χ0) is 17.1. The zero-order valence-electron chi connectivity index (χ0n) is 12.4. The molecule has 23 heavy (non-hydrogen) atoms. The number of likely N-dealkylation sites (tertiary alicyclic amines) is 1. The molecule has 0 bridgehead atoms. The van der Waals surface area contributed by atoms with Gasteiger partial charge in [0.1, 0.15) is 6.04 Å². The van der Waals surface area contributed by atoms with Crippen molar-refractivity contribution in [3.05, 3.63) is 33.8 Å². The van der Waals surface area contributed by atoms with E-state index in [1.165, 1.54) is 11.0 Å². The Kier molecular flexibility index (Phi) is 5.49. The van der Waals surface area contributed by atoms with Crippen LogP contribution in [0.3, 0.4) is 0 Å². The molecule has 1 fully saturated rings. The Balaban J connectivity index is 2.00. The van der Waals surface area contributed by atoms with Crippen LogP contribution in [0.15, 0.2) is 18.2 Å². The molecule has 1 saturated heterocycles. The van der Waals surface area contributed by atoms with Crippen LogP contribution < -0.4 is 5.32 Å². The number of nitrogens with one attached hydrogen (secondary N) is 1. The van der Waals surface area contributed by atoms with Crippen molar-refractivity contribution in [2.45, 2.75) is 19.4 Å². The number of carbonyl (C=O) groups excluding carboxylic acids is 2. The van der Waals surface area contributed by atoms with Gasteiger partial charge in [0.25, 0.3) is 5.91 Å². The molecule has 1 heterocycles. The van der Waals surface area contributed by atoms with Gasteiger partial charge in [0.05, 0.1) is 21.5 Å². The van der Waals surface area contributed by atoms with Crippen molar-refractivity contribution in [2.75, 3.05) is 13.1 Å². The Morgan fingerprint density at radius 2 is 2.04 bits per heavy atom. The fourth-order valence-corrected chi connectivity index (χ4v) is 2.84. The smallest absolute Gasteiger partial charge is 0.308 e. The first-order chi connectivity index (χ1) is 10.8. The molecule has 1 aliphatic rings. The summed E-state index contributed by atoms with van der Waals surface area (Å²) in [5, 5.41) is 11.9. The maximum atomic E-state index is 12.3. The van der Waals surface area contributed by atoms with E-state index in [4.69, 9.17) is 28.3 Å². The summed E-state index contributed by atoms with van der Waals surface area (Å²) in [4.78, 5) is 36.9. The molecule has 8 heteroatoms. The topological polar surface area (TPSA) is 86.7 Å². The summed E-state index contributed by atoms with van der Waals surface area (Å²) < 4.78 is 0. The highest BCUT2D eigenvalue weighted by atomic mass is 35.5. The molecule has 1 aromatic rings. The number of halogens is 2. The lowest BCUT2D eigenvalue weighted by Crippen LogP contribution is -2.46. The van der Waals surface area contributed by atoms with Crippen LogP contribution in [0.4, 0.5) is 0 Å². The van der Waals surface area contributed by atoms with E-state index in [9.17, 15) is 14.4 Å². The number of rotatable bonds is 4. The minimum absolute atomic E-state index is 0.124. The van der Waals surface area contributed by atoms with Crippen LogP contribution in [-0.2, 0) is 9.59 Å². The first-order valence-corrected chi connectivity index (χ1v) is 7.83. The second kappa shape index (κ2) is 7.19. The molecular formula is C15H16Cl2N2O4. The molecule has 2 rings (SSSR count). The van der Waals surface area contributed by atoms with Gasteiger partial charge in [-0.25, -0.2) is 0 Å². The number of nitrogens with zero attached hydrogens (tertiary/aromatic N) is 1. The number of benzene rings is 1. The highest BCUT2D eigenvalue weighted by Gasteiger charge is 2.33. The lowest BCUT2D eigenvalue weighted by Gasteiger charge is -2.21. The molecule has 1 aliphatic heterocycles. The van der Waals surface area contributed by atoms with Crippen molar-refractivity contribution in [3.63, 3.8) is 0 Å². The predicted molar refractivity (Wildman–Crippen MR) is 85.7 cm³/mol. The van der Waals surface area contributed by atoms with Crippen molar-refractivity contribution in [2.24, 2.45) is 5.92 Å². The summed E-state index contributed by atoms with van der Waals surface area (Å²) in [5.41, 5.74) is 0.184. The summed E-state index contributed by atoms with van der Waals surface area (Å²) in [7, 11) is 0. The molecule has 2 amide bonds. The molecule has 6 nitrogen and oxygen atoms in total. The van der Waals surface area contributed by atoms with E-state index >= 15 is 0 Å². The number of carboxylic acid groups (broad SMARTS) is 1. The molecule has 0 aliphatic carbocycles.